The van der Waals surface area contributed by atoms with Gasteiger partial charge in [0.05, 0.1) is 7.11 Å². The molecule has 7 nitrogen and oxygen atoms in total. The average Bonchev–Trinajstić information content (AvgIpc) is 2.76. The highest BCUT2D eigenvalue weighted by molar-refractivity contribution is 7.89. The topological polar surface area (TPSA) is 87.7 Å². The third-order valence-electron chi connectivity index (χ3n) is 5.52. The van der Waals surface area contributed by atoms with Crippen molar-refractivity contribution in [2.45, 2.75) is 43.7 Å². The van der Waals surface area contributed by atoms with Crippen molar-refractivity contribution < 1.29 is 17.9 Å². The number of likely N-dealkylation sites (tertiary alicyclic amines) is 1. The number of benzene rings is 2. The molecule has 0 bridgehead atoms. The summed E-state index contributed by atoms with van der Waals surface area (Å²) in [6.07, 6.45) is 3.78. The van der Waals surface area contributed by atoms with E-state index in [9.17, 15) is 13.2 Å². The van der Waals surface area contributed by atoms with Crippen LogP contribution in [0.1, 0.15) is 42.1 Å². The van der Waals surface area contributed by atoms with Gasteiger partial charge in [-0.3, -0.25) is 9.69 Å². The van der Waals surface area contributed by atoms with E-state index >= 15 is 0 Å². The Bertz CT molecular complexity index is 990. The molecule has 2 aromatic rings. The molecular weight excluding hydrogens is 402 g/mol. The zero-order valence-corrected chi connectivity index (χ0v) is 18.5. The highest BCUT2D eigenvalue weighted by Crippen LogP contribution is 2.25. The van der Waals surface area contributed by atoms with Crippen LogP contribution in [-0.2, 0) is 16.6 Å². The van der Waals surface area contributed by atoms with Crippen LogP contribution >= 0.6 is 0 Å². The summed E-state index contributed by atoms with van der Waals surface area (Å²) in [6, 6.07) is 12.7. The molecule has 0 saturated carbocycles. The minimum Gasteiger partial charge on any atom is -0.495 e. The molecule has 1 aliphatic heterocycles. The van der Waals surface area contributed by atoms with Gasteiger partial charge in [0.1, 0.15) is 10.6 Å². The predicted molar refractivity (Wildman–Crippen MR) is 117 cm³/mol. The average molecular weight is 432 g/mol. The van der Waals surface area contributed by atoms with Crippen molar-refractivity contribution in [2.75, 3.05) is 26.0 Å². The number of methoxy groups -OCH3 is 1. The maximum Gasteiger partial charge on any atom is 0.255 e. The fourth-order valence-corrected chi connectivity index (χ4v) is 4.58. The minimum atomic E-state index is -3.75. The van der Waals surface area contributed by atoms with Crippen molar-refractivity contribution in [2.24, 2.45) is 0 Å². The normalized spacial score (nSPS) is 17.5. The molecule has 0 spiro atoms. The van der Waals surface area contributed by atoms with Crippen molar-refractivity contribution in [1.82, 2.24) is 9.62 Å². The van der Waals surface area contributed by atoms with E-state index in [1.807, 2.05) is 24.3 Å². The number of anilines is 1. The lowest BCUT2D eigenvalue weighted by Gasteiger charge is -2.33. The fourth-order valence-electron chi connectivity index (χ4n) is 3.66. The molecule has 1 amide bonds. The van der Waals surface area contributed by atoms with Gasteiger partial charge in [-0.25, -0.2) is 13.1 Å². The molecule has 1 fully saturated rings. The van der Waals surface area contributed by atoms with Crippen LogP contribution in [0.3, 0.4) is 0 Å². The number of amides is 1. The molecule has 2 N–H and O–H groups in total. The van der Waals surface area contributed by atoms with Gasteiger partial charge in [-0.2, -0.15) is 0 Å². The third-order valence-corrected chi connectivity index (χ3v) is 6.96. The van der Waals surface area contributed by atoms with Crippen LogP contribution in [0.2, 0.25) is 0 Å². The van der Waals surface area contributed by atoms with Crippen LogP contribution in [-0.4, -0.2) is 46.0 Å². The van der Waals surface area contributed by atoms with Gasteiger partial charge >= 0.3 is 0 Å². The Hall–Kier alpha value is -2.42. The second-order valence-corrected chi connectivity index (χ2v) is 9.39. The monoisotopic (exact) mass is 431 g/mol. The number of carbonyl (C=O) groups is 1. The van der Waals surface area contributed by atoms with Crippen molar-refractivity contribution in [1.29, 1.82) is 0 Å². The number of piperidine rings is 1. The molecule has 1 aliphatic rings. The summed E-state index contributed by atoms with van der Waals surface area (Å²) in [7, 11) is -1.06. The summed E-state index contributed by atoms with van der Waals surface area (Å²) in [5, 5.41) is 2.82. The summed E-state index contributed by atoms with van der Waals surface area (Å²) in [5.41, 5.74) is 2.09. The third kappa shape index (κ3) is 5.19. The lowest BCUT2D eigenvalue weighted by Crippen LogP contribution is -2.36. The van der Waals surface area contributed by atoms with Crippen LogP contribution in [0.15, 0.2) is 47.4 Å². The maximum atomic E-state index is 12.7. The largest absolute Gasteiger partial charge is 0.495 e. The van der Waals surface area contributed by atoms with E-state index in [4.69, 9.17) is 4.74 Å². The Morgan fingerprint density at radius 2 is 1.90 bits per heavy atom. The van der Waals surface area contributed by atoms with Gasteiger partial charge < -0.3 is 10.1 Å². The number of hydrogen-bond donors (Lipinski definition) is 2. The van der Waals surface area contributed by atoms with E-state index in [0.717, 1.165) is 13.1 Å². The first-order chi connectivity index (χ1) is 14.3. The zero-order chi connectivity index (χ0) is 21.7. The van der Waals surface area contributed by atoms with Crippen molar-refractivity contribution in [3.8, 4) is 5.75 Å². The van der Waals surface area contributed by atoms with Crippen LogP contribution in [0.25, 0.3) is 0 Å². The van der Waals surface area contributed by atoms with Gasteiger partial charge in [0.25, 0.3) is 5.91 Å². The summed E-state index contributed by atoms with van der Waals surface area (Å²) in [6.45, 7) is 4.29. The molecule has 1 heterocycles. The summed E-state index contributed by atoms with van der Waals surface area (Å²) >= 11 is 0. The molecule has 0 aliphatic carbocycles. The Morgan fingerprint density at radius 3 is 2.53 bits per heavy atom. The van der Waals surface area contributed by atoms with Crippen molar-refractivity contribution in [3.63, 3.8) is 0 Å². The van der Waals surface area contributed by atoms with Crippen LogP contribution in [0.5, 0.6) is 5.75 Å². The number of sulfonamides is 1. The smallest absolute Gasteiger partial charge is 0.255 e. The van der Waals surface area contributed by atoms with Crippen LogP contribution in [0, 0.1) is 0 Å². The molecule has 2 aromatic carbocycles. The molecule has 0 radical (unpaired) electrons. The van der Waals surface area contributed by atoms with Crippen LogP contribution in [0.4, 0.5) is 5.69 Å². The number of rotatable bonds is 7. The summed E-state index contributed by atoms with van der Waals surface area (Å²) in [4.78, 5) is 15.1. The van der Waals surface area contributed by atoms with E-state index in [1.54, 1.807) is 0 Å². The van der Waals surface area contributed by atoms with Crippen molar-refractivity contribution >= 4 is 21.6 Å². The maximum absolute atomic E-state index is 12.7. The number of hydrogen-bond acceptors (Lipinski definition) is 5. The lowest BCUT2D eigenvalue weighted by molar-refractivity contribution is 0.102. The van der Waals surface area contributed by atoms with E-state index < -0.39 is 10.0 Å². The molecule has 3 rings (SSSR count). The fraction of sp³-hybridized carbons (Fsp3) is 0.409. The molecule has 0 aromatic heterocycles. The molecule has 1 unspecified atom stereocenters. The Morgan fingerprint density at radius 1 is 1.17 bits per heavy atom. The van der Waals surface area contributed by atoms with Crippen LogP contribution < -0.4 is 14.8 Å². The Labute approximate surface area is 178 Å². The van der Waals surface area contributed by atoms with Gasteiger partial charge in [0.2, 0.25) is 10.0 Å². The number of nitrogens with one attached hydrogen (secondary N) is 2. The molecule has 1 saturated heterocycles. The first kappa shape index (κ1) is 22.3. The first-order valence-electron chi connectivity index (χ1n) is 10.1. The SMILES string of the molecule is CNS(=O)(=O)c1cc(C(=O)Nc2ccc(CN3CCCCC3C)cc2)ccc1OC. The number of nitrogens with zero attached hydrogens (tertiary/aromatic N) is 1. The van der Waals surface area contributed by atoms with Gasteiger partial charge in [0, 0.05) is 23.8 Å². The van der Waals surface area contributed by atoms with Crippen molar-refractivity contribution in [3.05, 3.63) is 53.6 Å². The van der Waals surface area contributed by atoms with Gasteiger partial charge in [-0.15, -0.1) is 0 Å². The van der Waals surface area contributed by atoms with Gasteiger partial charge in [-0.1, -0.05) is 18.6 Å². The quantitative estimate of drug-likeness (QED) is 0.703. The van der Waals surface area contributed by atoms with E-state index in [0.29, 0.717) is 11.7 Å². The van der Waals surface area contributed by atoms with Gasteiger partial charge in [-0.05, 0) is 69.3 Å². The highest BCUT2D eigenvalue weighted by Gasteiger charge is 2.21. The standard InChI is InChI=1S/C22H29N3O4S/c1-16-6-4-5-13-25(16)15-17-7-10-19(11-8-17)24-22(26)18-9-12-20(29-3)21(14-18)30(27,28)23-2/h7-12,14,16,23H,4-6,13,15H2,1-3H3,(H,24,26). The molecule has 8 heteroatoms. The zero-order valence-electron chi connectivity index (χ0n) is 17.6. The lowest BCUT2D eigenvalue weighted by atomic mass is 10.0. The van der Waals surface area contributed by atoms with E-state index in [-0.39, 0.29) is 22.1 Å². The van der Waals surface area contributed by atoms with Gasteiger partial charge in [0.15, 0.2) is 0 Å². The second-order valence-electron chi connectivity index (χ2n) is 7.54. The Balaban J connectivity index is 1.71. The molecular formula is C22H29N3O4S. The van der Waals surface area contributed by atoms with E-state index in [1.165, 1.54) is 57.2 Å². The molecule has 162 valence electrons. The highest BCUT2D eigenvalue weighted by atomic mass is 32.2. The summed E-state index contributed by atoms with van der Waals surface area (Å²) < 4.78 is 31.8. The number of ether oxygens (including phenoxy) is 1. The second kappa shape index (κ2) is 9.59. The molecule has 30 heavy (non-hydrogen) atoms. The first-order valence-corrected chi connectivity index (χ1v) is 11.6. The molecule has 1 atom stereocenters. The Kier molecular flexibility index (Phi) is 7.12. The number of carbonyl (C=O) groups excluding carboxylic acids is 1. The van der Waals surface area contributed by atoms with E-state index in [2.05, 4.69) is 21.9 Å². The minimum absolute atomic E-state index is 0.0776. The summed E-state index contributed by atoms with van der Waals surface area (Å²) in [5.74, 6) is -0.209. The predicted octanol–water partition coefficient (Wildman–Crippen LogP) is 3.23.